The predicted octanol–water partition coefficient (Wildman–Crippen LogP) is 2.52. The zero-order chi connectivity index (χ0) is 15.7. The van der Waals surface area contributed by atoms with Crippen molar-refractivity contribution in [2.75, 3.05) is 12.8 Å². The molecule has 0 aromatic heterocycles. The molecule has 0 bridgehead atoms. The van der Waals surface area contributed by atoms with Gasteiger partial charge in [-0.15, -0.1) is 0 Å². The fourth-order valence-electron chi connectivity index (χ4n) is 2.71. The van der Waals surface area contributed by atoms with E-state index in [1.54, 1.807) is 6.07 Å². The molecule has 0 atom stereocenters. The standard InChI is InChI=1S/C15H24N2O3S/c1-15(2)8-6-12(7-9-15)17-21(18,19)14-5-4-11(16)10-13(14)20-3/h4-5,10,12,17H,6-9,16H2,1-3H3. The second kappa shape index (κ2) is 5.85. The van der Waals surface area contributed by atoms with Gasteiger partial charge in [0.15, 0.2) is 0 Å². The summed E-state index contributed by atoms with van der Waals surface area (Å²) in [7, 11) is -2.15. The van der Waals surface area contributed by atoms with Crippen molar-refractivity contribution in [1.29, 1.82) is 0 Å². The quantitative estimate of drug-likeness (QED) is 0.837. The van der Waals surface area contributed by atoms with Crippen LogP contribution in [-0.4, -0.2) is 21.6 Å². The van der Waals surface area contributed by atoms with Gasteiger partial charge in [0.1, 0.15) is 10.6 Å². The lowest BCUT2D eigenvalue weighted by atomic mass is 9.76. The summed E-state index contributed by atoms with van der Waals surface area (Å²) in [6, 6.07) is 4.58. The molecule has 3 N–H and O–H groups in total. The molecule has 0 saturated heterocycles. The lowest BCUT2D eigenvalue weighted by molar-refractivity contribution is 0.218. The summed E-state index contributed by atoms with van der Waals surface area (Å²) in [4.78, 5) is 0.143. The van der Waals surface area contributed by atoms with Gasteiger partial charge in [0.25, 0.3) is 0 Å². The summed E-state index contributed by atoms with van der Waals surface area (Å²) >= 11 is 0. The van der Waals surface area contributed by atoms with Crippen LogP contribution in [0.25, 0.3) is 0 Å². The van der Waals surface area contributed by atoms with Gasteiger partial charge in [-0.2, -0.15) is 0 Å². The Morgan fingerprint density at radius 3 is 2.48 bits per heavy atom. The molecule has 0 unspecified atom stereocenters. The number of hydrogen-bond donors (Lipinski definition) is 2. The Morgan fingerprint density at radius 1 is 1.29 bits per heavy atom. The Hall–Kier alpha value is -1.27. The average Bonchev–Trinajstić information content (AvgIpc) is 2.40. The zero-order valence-corrected chi connectivity index (χ0v) is 13.7. The van der Waals surface area contributed by atoms with E-state index in [1.807, 2.05) is 0 Å². The van der Waals surface area contributed by atoms with E-state index in [-0.39, 0.29) is 16.7 Å². The number of rotatable bonds is 4. The summed E-state index contributed by atoms with van der Waals surface area (Å²) in [5.41, 5.74) is 6.45. The highest BCUT2D eigenvalue weighted by Crippen LogP contribution is 2.36. The first-order chi connectivity index (χ1) is 9.73. The maximum atomic E-state index is 12.5. The fourth-order valence-corrected chi connectivity index (χ4v) is 4.16. The Bertz CT molecular complexity index is 601. The van der Waals surface area contributed by atoms with Crippen LogP contribution in [-0.2, 0) is 10.0 Å². The van der Waals surface area contributed by atoms with E-state index in [2.05, 4.69) is 18.6 Å². The minimum absolute atomic E-state index is 0.00900. The van der Waals surface area contributed by atoms with E-state index in [4.69, 9.17) is 10.5 Å². The largest absolute Gasteiger partial charge is 0.495 e. The van der Waals surface area contributed by atoms with E-state index < -0.39 is 10.0 Å². The third-order valence-corrected chi connectivity index (χ3v) is 5.70. The second-order valence-electron chi connectivity index (χ2n) is 6.47. The third-order valence-electron chi connectivity index (χ3n) is 4.14. The molecule has 0 amide bonds. The number of benzene rings is 1. The molecule has 1 aromatic carbocycles. The number of sulfonamides is 1. The fraction of sp³-hybridized carbons (Fsp3) is 0.600. The monoisotopic (exact) mass is 312 g/mol. The molecular weight excluding hydrogens is 288 g/mol. The van der Waals surface area contributed by atoms with Crippen molar-refractivity contribution in [3.05, 3.63) is 18.2 Å². The van der Waals surface area contributed by atoms with Gasteiger partial charge in [0, 0.05) is 17.8 Å². The van der Waals surface area contributed by atoms with Gasteiger partial charge >= 0.3 is 0 Å². The van der Waals surface area contributed by atoms with Crippen LogP contribution in [0.4, 0.5) is 5.69 Å². The predicted molar refractivity (Wildman–Crippen MR) is 83.8 cm³/mol. The van der Waals surface area contributed by atoms with Gasteiger partial charge in [-0.25, -0.2) is 13.1 Å². The summed E-state index contributed by atoms with van der Waals surface area (Å²) in [6.07, 6.45) is 3.78. The molecule has 1 saturated carbocycles. The third kappa shape index (κ3) is 3.89. The highest BCUT2D eigenvalue weighted by molar-refractivity contribution is 7.89. The smallest absolute Gasteiger partial charge is 0.244 e. The second-order valence-corrected chi connectivity index (χ2v) is 8.15. The maximum Gasteiger partial charge on any atom is 0.244 e. The number of methoxy groups -OCH3 is 1. The molecule has 21 heavy (non-hydrogen) atoms. The van der Waals surface area contributed by atoms with Crippen molar-refractivity contribution in [1.82, 2.24) is 4.72 Å². The first kappa shape index (κ1) is 16.1. The van der Waals surface area contributed by atoms with Gasteiger partial charge in [0.2, 0.25) is 10.0 Å². The van der Waals surface area contributed by atoms with Crippen LogP contribution in [0.15, 0.2) is 23.1 Å². The summed E-state index contributed by atoms with van der Waals surface area (Å²) in [5, 5.41) is 0. The Morgan fingerprint density at radius 2 is 1.90 bits per heavy atom. The van der Waals surface area contributed by atoms with Crippen LogP contribution in [0, 0.1) is 5.41 Å². The van der Waals surface area contributed by atoms with Crippen molar-refractivity contribution >= 4 is 15.7 Å². The molecule has 5 nitrogen and oxygen atoms in total. The minimum Gasteiger partial charge on any atom is -0.495 e. The summed E-state index contributed by atoms with van der Waals surface area (Å²) in [6.45, 7) is 4.45. The molecule has 118 valence electrons. The normalized spacial score (nSPS) is 19.4. The first-order valence-electron chi connectivity index (χ1n) is 7.19. The van der Waals surface area contributed by atoms with E-state index in [9.17, 15) is 8.42 Å². The Labute approximate surface area is 126 Å². The molecule has 6 heteroatoms. The SMILES string of the molecule is COc1cc(N)ccc1S(=O)(=O)NC1CCC(C)(C)CC1. The van der Waals surface area contributed by atoms with E-state index >= 15 is 0 Å². The van der Waals surface area contributed by atoms with Crippen LogP contribution in [0.2, 0.25) is 0 Å². The highest BCUT2D eigenvalue weighted by Gasteiger charge is 2.30. The molecular formula is C15H24N2O3S. The number of nitrogen functional groups attached to an aromatic ring is 1. The Kier molecular flexibility index (Phi) is 4.49. The Balaban J connectivity index is 2.16. The molecule has 0 spiro atoms. The topological polar surface area (TPSA) is 81.4 Å². The highest BCUT2D eigenvalue weighted by atomic mass is 32.2. The summed E-state index contributed by atoms with van der Waals surface area (Å²) < 4.78 is 33.0. The van der Waals surface area contributed by atoms with Crippen LogP contribution >= 0.6 is 0 Å². The van der Waals surface area contributed by atoms with Crippen LogP contribution in [0.5, 0.6) is 5.75 Å². The molecule has 1 aliphatic carbocycles. The van der Waals surface area contributed by atoms with E-state index in [0.29, 0.717) is 11.1 Å². The van der Waals surface area contributed by atoms with E-state index in [0.717, 1.165) is 25.7 Å². The van der Waals surface area contributed by atoms with Gasteiger partial charge in [0.05, 0.1) is 7.11 Å². The van der Waals surface area contributed by atoms with Crippen molar-refractivity contribution in [2.45, 2.75) is 50.5 Å². The number of nitrogens with one attached hydrogen (secondary N) is 1. The molecule has 1 aromatic rings. The van der Waals surface area contributed by atoms with Gasteiger partial charge in [-0.1, -0.05) is 13.8 Å². The van der Waals surface area contributed by atoms with Crippen LogP contribution in [0.1, 0.15) is 39.5 Å². The van der Waals surface area contributed by atoms with E-state index in [1.165, 1.54) is 19.2 Å². The molecule has 2 rings (SSSR count). The van der Waals surface area contributed by atoms with Gasteiger partial charge in [-0.05, 0) is 43.2 Å². The number of nitrogens with two attached hydrogens (primary N) is 1. The first-order valence-corrected chi connectivity index (χ1v) is 8.68. The molecule has 0 aliphatic heterocycles. The molecule has 0 heterocycles. The lowest BCUT2D eigenvalue weighted by Crippen LogP contribution is -2.39. The van der Waals surface area contributed by atoms with Crippen molar-refractivity contribution in [2.24, 2.45) is 5.41 Å². The molecule has 0 radical (unpaired) electrons. The van der Waals surface area contributed by atoms with Crippen LogP contribution < -0.4 is 15.2 Å². The van der Waals surface area contributed by atoms with Crippen molar-refractivity contribution < 1.29 is 13.2 Å². The number of anilines is 1. The van der Waals surface area contributed by atoms with Gasteiger partial charge in [-0.3, -0.25) is 0 Å². The van der Waals surface area contributed by atoms with Crippen molar-refractivity contribution in [3.63, 3.8) is 0 Å². The minimum atomic E-state index is -3.59. The van der Waals surface area contributed by atoms with Crippen LogP contribution in [0.3, 0.4) is 0 Å². The number of hydrogen-bond acceptors (Lipinski definition) is 4. The number of ether oxygens (including phenoxy) is 1. The maximum absolute atomic E-state index is 12.5. The zero-order valence-electron chi connectivity index (χ0n) is 12.8. The molecule has 1 aliphatic rings. The lowest BCUT2D eigenvalue weighted by Gasteiger charge is -2.34. The summed E-state index contributed by atoms with van der Waals surface area (Å²) in [5.74, 6) is 0.277. The molecule has 1 fully saturated rings. The van der Waals surface area contributed by atoms with Gasteiger partial charge < -0.3 is 10.5 Å². The van der Waals surface area contributed by atoms with Crippen molar-refractivity contribution in [3.8, 4) is 5.75 Å². The average molecular weight is 312 g/mol.